The SMILES string of the molecule is C[C@H]1COCc2nc3c(F)cc(-c4nc(N[C@H]5CCN(S(C)(=O)=O)C[C@@H]5O)ncc4Cl)cc3n21. The summed E-state index contributed by atoms with van der Waals surface area (Å²) < 4.78 is 47.3. The molecule has 3 atom stereocenters. The smallest absolute Gasteiger partial charge is 0.223 e. The van der Waals surface area contributed by atoms with Gasteiger partial charge in [0.05, 0.1) is 53.5 Å². The number of halogens is 2. The van der Waals surface area contributed by atoms with Crippen LogP contribution < -0.4 is 5.32 Å². The van der Waals surface area contributed by atoms with Gasteiger partial charge in [-0.1, -0.05) is 11.6 Å². The van der Waals surface area contributed by atoms with E-state index in [2.05, 4.69) is 20.3 Å². The molecule has 0 spiro atoms. The van der Waals surface area contributed by atoms with Crippen molar-refractivity contribution in [3.8, 4) is 11.3 Å². The van der Waals surface area contributed by atoms with E-state index in [9.17, 15) is 13.5 Å². The van der Waals surface area contributed by atoms with Crippen LogP contribution in [0.2, 0.25) is 5.02 Å². The number of benzene rings is 1. The molecule has 10 nitrogen and oxygen atoms in total. The average Bonchev–Trinajstić information content (AvgIpc) is 3.16. The van der Waals surface area contributed by atoms with Crippen LogP contribution in [0.25, 0.3) is 22.3 Å². The van der Waals surface area contributed by atoms with E-state index >= 15 is 4.39 Å². The number of β-amino-alcohol motifs (C(OH)–C–C–N with tert-alkyl or cyclic N) is 1. The van der Waals surface area contributed by atoms with Crippen molar-refractivity contribution in [1.82, 2.24) is 23.8 Å². The third kappa shape index (κ3) is 4.24. The second-order valence-corrected chi connectivity index (χ2v) is 11.1. The van der Waals surface area contributed by atoms with Gasteiger partial charge in [0.2, 0.25) is 16.0 Å². The van der Waals surface area contributed by atoms with E-state index in [1.54, 1.807) is 6.07 Å². The number of sulfonamides is 1. The quantitative estimate of drug-likeness (QED) is 0.547. The molecule has 4 heterocycles. The fourth-order valence-electron chi connectivity index (χ4n) is 4.50. The fourth-order valence-corrected chi connectivity index (χ4v) is 5.56. The summed E-state index contributed by atoms with van der Waals surface area (Å²) in [7, 11) is -3.38. The molecule has 3 aromatic rings. The number of anilines is 1. The van der Waals surface area contributed by atoms with Gasteiger partial charge in [-0.15, -0.1) is 0 Å². The Hall–Kier alpha value is -2.38. The van der Waals surface area contributed by atoms with Gasteiger partial charge >= 0.3 is 0 Å². The molecule has 2 aliphatic rings. The molecule has 0 aliphatic carbocycles. The van der Waals surface area contributed by atoms with Crippen molar-refractivity contribution < 1.29 is 22.7 Å². The second kappa shape index (κ2) is 8.68. The monoisotopic (exact) mass is 510 g/mol. The number of piperidine rings is 1. The lowest BCUT2D eigenvalue weighted by molar-refractivity contribution is 0.0621. The summed E-state index contributed by atoms with van der Waals surface area (Å²) in [6.45, 7) is 3.05. The Kier molecular flexibility index (Phi) is 5.97. The van der Waals surface area contributed by atoms with Crippen LogP contribution in [0.15, 0.2) is 18.3 Å². The number of hydrogen-bond donors (Lipinski definition) is 2. The molecule has 0 unspecified atom stereocenters. The Morgan fingerprint density at radius 3 is 2.85 bits per heavy atom. The molecule has 1 aromatic carbocycles. The van der Waals surface area contributed by atoms with Crippen LogP contribution in [0.1, 0.15) is 25.2 Å². The minimum atomic E-state index is -3.38. The van der Waals surface area contributed by atoms with Crippen LogP contribution in [-0.4, -0.2) is 75.4 Å². The van der Waals surface area contributed by atoms with E-state index in [1.807, 2.05) is 11.5 Å². The molecule has 0 radical (unpaired) electrons. The van der Waals surface area contributed by atoms with Gasteiger partial charge in [0.15, 0.2) is 5.82 Å². The molecule has 182 valence electrons. The maximum absolute atomic E-state index is 15.0. The molecule has 0 amide bonds. The van der Waals surface area contributed by atoms with Crippen LogP contribution >= 0.6 is 11.6 Å². The summed E-state index contributed by atoms with van der Waals surface area (Å²) in [4.78, 5) is 13.1. The van der Waals surface area contributed by atoms with E-state index in [0.717, 1.165) is 6.26 Å². The Balaban J connectivity index is 1.46. The average molecular weight is 511 g/mol. The van der Waals surface area contributed by atoms with E-state index in [4.69, 9.17) is 16.3 Å². The van der Waals surface area contributed by atoms with Crippen molar-refractivity contribution in [2.45, 2.75) is 38.1 Å². The molecule has 1 fully saturated rings. The van der Waals surface area contributed by atoms with Crippen LogP contribution in [0.3, 0.4) is 0 Å². The zero-order valence-electron chi connectivity index (χ0n) is 18.6. The van der Waals surface area contributed by atoms with Gasteiger partial charge in [-0.05, 0) is 25.5 Å². The largest absolute Gasteiger partial charge is 0.390 e. The maximum atomic E-state index is 15.0. The first-order valence-electron chi connectivity index (χ1n) is 10.8. The van der Waals surface area contributed by atoms with Gasteiger partial charge in [-0.3, -0.25) is 0 Å². The van der Waals surface area contributed by atoms with E-state index in [-0.39, 0.29) is 35.6 Å². The highest BCUT2D eigenvalue weighted by molar-refractivity contribution is 7.88. The van der Waals surface area contributed by atoms with Crippen LogP contribution in [0, 0.1) is 5.82 Å². The van der Waals surface area contributed by atoms with Gasteiger partial charge in [0.1, 0.15) is 17.9 Å². The van der Waals surface area contributed by atoms with E-state index in [0.29, 0.717) is 42.2 Å². The zero-order chi connectivity index (χ0) is 24.2. The van der Waals surface area contributed by atoms with Crippen LogP contribution in [0.5, 0.6) is 0 Å². The number of nitrogens with one attached hydrogen (secondary N) is 1. The summed E-state index contributed by atoms with van der Waals surface area (Å²) in [5, 5.41) is 13.8. The number of fused-ring (bicyclic) bond motifs is 3. The number of ether oxygens (including phenoxy) is 1. The van der Waals surface area contributed by atoms with Crippen LogP contribution in [0.4, 0.5) is 10.3 Å². The number of rotatable bonds is 4. The molecule has 0 bridgehead atoms. The number of aromatic nitrogens is 4. The summed E-state index contributed by atoms with van der Waals surface area (Å²) in [5.41, 5.74) is 1.70. The number of aliphatic hydroxyl groups is 1. The van der Waals surface area contributed by atoms with Crippen LogP contribution in [-0.2, 0) is 21.4 Å². The highest BCUT2D eigenvalue weighted by Crippen LogP contribution is 2.34. The van der Waals surface area contributed by atoms with Gasteiger partial charge in [0, 0.05) is 18.7 Å². The lowest BCUT2D eigenvalue weighted by Gasteiger charge is -2.34. The standard InChI is InChI=1S/C21H24ClFN6O4S/c1-11-9-33-10-18-26-20-14(23)5-12(6-16(20)29(11)18)19-13(22)7-24-21(27-19)25-15-3-4-28(8-17(15)30)34(2,31)32/h5-7,11,15,17,30H,3-4,8-10H2,1-2H3,(H,24,25,27)/t11-,15-,17-/m0/s1. The molecule has 0 saturated carbocycles. The summed E-state index contributed by atoms with van der Waals surface area (Å²) in [6.07, 6.45) is 1.96. The summed E-state index contributed by atoms with van der Waals surface area (Å²) in [6, 6.07) is 2.69. The fraction of sp³-hybridized carbons (Fsp3) is 0.476. The Morgan fingerprint density at radius 1 is 1.32 bits per heavy atom. The Bertz CT molecular complexity index is 1370. The number of hydrogen-bond acceptors (Lipinski definition) is 8. The molecule has 2 aliphatic heterocycles. The topological polar surface area (TPSA) is 122 Å². The van der Waals surface area contributed by atoms with Gasteiger partial charge in [-0.25, -0.2) is 27.8 Å². The zero-order valence-corrected chi connectivity index (χ0v) is 20.1. The van der Waals surface area contributed by atoms with E-state index < -0.39 is 28.0 Å². The first-order chi connectivity index (χ1) is 16.1. The molecule has 2 aromatic heterocycles. The summed E-state index contributed by atoms with van der Waals surface area (Å²) >= 11 is 6.38. The lowest BCUT2D eigenvalue weighted by Crippen LogP contribution is -2.51. The van der Waals surface area contributed by atoms with Gasteiger partial charge < -0.3 is 19.7 Å². The predicted octanol–water partition coefficient (Wildman–Crippen LogP) is 2.18. The Labute approximate surface area is 200 Å². The minimum absolute atomic E-state index is 0.000730. The first kappa shape index (κ1) is 23.4. The molecule has 1 saturated heterocycles. The highest BCUT2D eigenvalue weighted by Gasteiger charge is 2.32. The lowest BCUT2D eigenvalue weighted by atomic mass is 10.0. The summed E-state index contributed by atoms with van der Waals surface area (Å²) in [5.74, 6) is 0.374. The van der Waals surface area contributed by atoms with Crippen molar-refractivity contribution in [1.29, 1.82) is 0 Å². The maximum Gasteiger partial charge on any atom is 0.223 e. The number of imidazole rings is 1. The van der Waals surface area contributed by atoms with Crippen molar-refractivity contribution in [3.63, 3.8) is 0 Å². The van der Waals surface area contributed by atoms with Crippen molar-refractivity contribution >= 4 is 38.6 Å². The highest BCUT2D eigenvalue weighted by atomic mass is 35.5. The number of aliphatic hydroxyl groups excluding tert-OH is 1. The second-order valence-electron chi connectivity index (χ2n) is 8.71. The van der Waals surface area contributed by atoms with Crippen molar-refractivity contribution in [2.75, 3.05) is 31.3 Å². The van der Waals surface area contributed by atoms with Crippen molar-refractivity contribution in [3.05, 3.63) is 35.0 Å². The molecule has 13 heteroatoms. The minimum Gasteiger partial charge on any atom is -0.390 e. The number of nitrogens with zero attached hydrogens (tertiary/aromatic N) is 5. The van der Waals surface area contributed by atoms with Crippen molar-refractivity contribution in [2.24, 2.45) is 0 Å². The predicted molar refractivity (Wildman–Crippen MR) is 125 cm³/mol. The van der Waals surface area contributed by atoms with E-state index in [1.165, 1.54) is 16.6 Å². The van der Waals surface area contributed by atoms with Gasteiger partial charge in [-0.2, -0.15) is 4.31 Å². The third-order valence-electron chi connectivity index (χ3n) is 6.20. The third-order valence-corrected chi connectivity index (χ3v) is 7.74. The first-order valence-corrected chi connectivity index (χ1v) is 13.0. The normalized spacial score (nSPS) is 23.7. The molecular formula is C21H24ClFN6O4S. The van der Waals surface area contributed by atoms with Gasteiger partial charge in [0.25, 0.3) is 0 Å². The molecular weight excluding hydrogens is 487 g/mol. The molecule has 5 rings (SSSR count). The molecule has 34 heavy (non-hydrogen) atoms. The molecule has 2 N–H and O–H groups in total. The Morgan fingerprint density at radius 2 is 2.12 bits per heavy atom.